The molecule has 0 radical (unpaired) electrons. The van der Waals surface area contributed by atoms with Gasteiger partial charge < -0.3 is 15.5 Å². The fourth-order valence-electron chi connectivity index (χ4n) is 4.37. The van der Waals surface area contributed by atoms with Gasteiger partial charge in [-0.1, -0.05) is 6.92 Å². The van der Waals surface area contributed by atoms with E-state index in [9.17, 15) is 27.6 Å². The van der Waals surface area contributed by atoms with Crippen LogP contribution in [0.5, 0.6) is 0 Å². The molecule has 0 bridgehead atoms. The van der Waals surface area contributed by atoms with E-state index in [1.165, 1.54) is 11.3 Å². The van der Waals surface area contributed by atoms with E-state index in [-0.39, 0.29) is 24.0 Å². The lowest BCUT2D eigenvalue weighted by Gasteiger charge is -2.30. The molecule has 3 aromatic heterocycles. The SMILES string of the molecule is CC[C@@H](NC(=O)c1ccc2[nH]ncc2c1)C(=O)N1CCc2sc(C(=O)Nc3cncc(C(F)(F)F)c3)cc2C1. The largest absolute Gasteiger partial charge is 0.417 e. The van der Waals surface area contributed by atoms with Crippen LogP contribution in [0.4, 0.5) is 18.9 Å². The first kappa shape index (κ1) is 26.4. The van der Waals surface area contributed by atoms with Gasteiger partial charge in [0.15, 0.2) is 0 Å². The summed E-state index contributed by atoms with van der Waals surface area (Å²) in [5.74, 6) is -1.15. The first-order chi connectivity index (χ1) is 18.6. The number of H-pyrrole nitrogens is 1. The summed E-state index contributed by atoms with van der Waals surface area (Å²) < 4.78 is 38.9. The molecule has 1 atom stereocenters. The third-order valence-corrected chi connectivity index (χ3v) is 7.68. The second-order valence-electron chi connectivity index (χ2n) is 9.09. The Balaban J connectivity index is 1.24. The lowest BCUT2D eigenvalue weighted by atomic mass is 10.1. The van der Waals surface area contributed by atoms with Crippen molar-refractivity contribution in [1.29, 1.82) is 0 Å². The first-order valence-electron chi connectivity index (χ1n) is 12.1. The van der Waals surface area contributed by atoms with Gasteiger partial charge in [-0.2, -0.15) is 18.3 Å². The molecule has 0 saturated heterocycles. The number of carbonyl (C=O) groups is 3. The van der Waals surface area contributed by atoms with Crippen molar-refractivity contribution >= 4 is 45.6 Å². The van der Waals surface area contributed by atoms with Gasteiger partial charge in [0, 0.05) is 35.1 Å². The summed E-state index contributed by atoms with van der Waals surface area (Å²) in [7, 11) is 0. The van der Waals surface area contributed by atoms with E-state index >= 15 is 0 Å². The van der Waals surface area contributed by atoms with Crippen LogP contribution in [0, 0.1) is 0 Å². The molecule has 1 aromatic carbocycles. The molecule has 1 aliphatic heterocycles. The number of aromatic amines is 1. The number of amides is 3. The molecule has 0 aliphatic carbocycles. The van der Waals surface area contributed by atoms with Gasteiger partial charge in [0.1, 0.15) is 6.04 Å². The van der Waals surface area contributed by atoms with E-state index in [0.717, 1.165) is 33.6 Å². The molecule has 13 heteroatoms. The summed E-state index contributed by atoms with van der Waals surface area (Å²) in [6.45, 7) is 2.49. The zero-order chi connectivity index (χ0) is 27.7. The van der Waals surface area contributed by atoms with Crippen molar-refractivity contribution in [2.45, 2.75) is 38.5 Å². The average Bonchev–Trinajstić information content (AvgIpc) is 3.57. The Morgan fingerprint density at radius 3 is 2.72 bits per heavy atom. The van der Waals surface area contributed by atoms with Crippen molar-refractivity contribution in [3.63, 3.8) is 0 Å². The van der Waals surface area contributed by atoms with Gasteiger partial charge in [-0.3, -0.25) is 24.5 Å². The number of hydrogen-bond acceptors (Lipinski definition) is 6. The number of rotatable bonds is 6. The van der Waals surface area contributed by atoms with E-state index in [1.807, 2.05) is 6.92 Å². The summed E-state index contributed by atoms with van der Waals surface area (Å²) >= 11 is 1.24. The van der Waals surface area contributed by atoms with Crippen molar-refractivity contribution in [3.8, 4) is 0 Å². The molecule has 9 nitrogen and oxygen atoms in total. The molecule has 0 unspecified atom stereocenters. The number of nitrogens with one attached hydrogen (secondary N) is 3. The Labute approximate surface area is 224 Å². The third kappa shape index (κ3) is 5.62. The number of pyridine rings is 1. The Morgan fingerprint density at radius 2 is 1.95 bits per heavy atom. The zero-order valence-electron chi connectivity index (χ0n) is 20.6. The van der Waals surface area contributed by atoms with Crippen LogP contribution in [-0.4, -0.2) is 50.4 Å². The molecule has 4 aromatic rings. The summed E-state index contributed by atoms with van der Waals surface area (Å²) in [5.41, 5.74) is 0.985. The predicted molar refractivity (Wildman–Crippen MR) is 138 cm³/mol. The van der Waals surface area contributed by atoms with E-state index in [0.29, 0.717) is 36.0 Å². The van der Waals surface area contributed by atoms with Crippen LogP contribution in [0.1, 0.15) is 49.4 Å². The van der Waals surface area contributed by atoms with Gasteiger partial charge in [0.2, 0.25) is 5.91 Å². The van der Waals surface area contributed by atoms with Crippen LogP contribution in [0.15, 0.2) is 48.9 Å². The summed E-state index contributed by atoms with van der Waals surface area (Å²) in [5, 5.41) is 12.8. The fraction of sp³-hybridized carbons (Fsp3) is 0.269. The van der Waals surface area contributed by atoms with E-state index in [2.05, 4.69) is 25.8 Å². The molecule has 1 aliphatic rings. The molecule has 39 heavy (non-hydrogen) atoms. The lowest BCUT2D eigenvalue weighted by Crippen LogP contribution is -2.49. The second kappa shape index (κ2) is 10.5. The lowest BCUT2D eigenvalue weighted by molar-refractivity contribution is -0.137. The van der Waals surface area contributed by atoms with E-state index < -0.39 is 23.7 Å². The Morgan fingerprint density at radius 1 is 1.13 bits per heavy atom. The Kier molecular flexibility index (Phi) is 7.08. The van der Waals surface area contributed by atoms with Crippen molar-refractivity contribution in [2.75, 3.05) is 11.9 Å². The number of hydrogen-bond donors (Lipinski definition) is 3. The van der Waals surface area contributed by atoms with Crippen LogP contribution >= 0.6 is 11.3 Å². The molecule has 0 fully saturated rings. The van der Waals surface area contributed by atoms with Crippen molar-refractivity contribution < 1.29 is 27.6 Å². The molecule has 0 spiro atoms. The first-order valence-corrected chi connectivity index (χ1v) is 12.9. The van der Waals surface area contributed by atoms with E-state index in [1.54, 1.807) is 35.4 Å². The minimum Gasteiger partial charge on any atom is -0.340 e. The van der Waals surface area contributed by atoms with Gasteiger partial charge in [0.25, 0.3) is 11.8 Å². The summed E-state index contributed by atoms with van der Waals surface area (Å²) in [6, 6.07) is 6.86. The standard InChI is InChI=1S/C26H23F3N6O3S/c1-2-19(33-23(36)14-3-4-20-15(7-14)10-31-34-20)25(38)35-6-5-21-16(13-35)8-22(39-21)24(37)32-18-9-17(11-30-12-18)26(27,28)29/h3-4,7-12,19H,2,5-6,13H2,1H3,(H,31,34)(H,32,37)(H,33,36)/t19-/m1/s1. The molecule has 202 valence electrons. The van der Waals surface area contributed by atoms with Gasteiger partial charge in [-0.05, 0) is 48.7 Å². The topological polar surface area (TPSA) is 120 Å². The highest BCUT2D eigenvalue weighted by molar-refractivity contribution is 7.14. The maximum absolute atomic E-state index is 13.3. The summed E-state index contributed by atoms with van der Waals surface area (Å²) in [4.78, 5) is 45.3. The van der Waals surface area contributed by atoms with Crippen molar-refractivity contribution in [2.24, 2.45) is 0 Å². The number of carbonyl (C=O) groups excluding carboxylic acids is 3. The highest BCUT2D eigenvalue weighted by atomic mass is 32.1. The smallest absolute Gasteiger partial charge is 0.340 e. The maximum atomic E-state index is 13.3. The zero-order valence-corrected chi connectivity index (χ0v) is 21.4. The van der Waals surface area contributed by atoms with Crippen LogP contribution in [0.25, 0.3) is 10.9 Å². The number of anilines is 1. The molecule has 3 N–H and O–H groups in total. The van der Waals surface area contributed by atoms with Crippen LogP contribution < -0.4 is 10.6 Å². The number of nitrogens with zero attached hydrogens (tertiary/aromatic N) is 3. The molecular weight excluding hydrogens is 533 g/mol. The molecule has 4 heterocycles. The molecule has 5 rings (SSSR count). The molecular formula is C26H23F3N6O3S. The highest BCUT2D eigenvalue weighted by Gasteiger charge is 2.32. The number of fused-ring (bicyclic) bond motifs is 2. The normalized spacial score (nSPS) is 14.1. The number of alkyl halides is 3. The van der Waals surface area contributed by atoms with Gasteiger partial charge in [-0.25, -0.2) is 0 Å². The number of benzene rings is 1. The van der Waals surface area contributed by atoms with Crippen LogP contribution in [-0.2, 0) is 23.9 Å². The number of aromatic nitrogens is 3. The fourth-order valence-corrected chi connectivity index (χ4v) is 5.43. The quantitative estimate of drug-likeness (QED) is 0.326. The van der Waals surface area contributed by atoms with Gasteiger partial charge in [-0.15, -0.1) is 11.3 Å². The maximum Gasteiger partial charge on any atom is 0.417 e. The third-order valence-electron chi connectivity index (χ3n) is 6.44. The number of thiophene rings is 1. The average molecular weight is 557 g/mol. The Hall–Kier alpha value is -4.26. The highest BCUT2D eigenvalue weighted by Crippen LogP contribution is 2.31. The summed E-state index contributed by atoms with van der Waals surface area (Å²) in [6.07, 6.45) is -0.209. The second-order valence-corrected chi connectivity index (χ2v) is 10.2. The Bertz CT molecular complexity index is 1560. The van der Waals surface area contributed by atoms with Crippen molar-refractivity contribution in [1.82, 2.24) is 25.4 Å². The van der Waals surface area contributed by atoms with Crippen LogP contribution in [0.3, 0.4) is 0 Å². The van der Waals surface area contributed by atoms with Gasteiger partial charge >= 0.3 is 6.18 Å². The monoisotopic (exact) mass is 556 g/mol. The van der Waals surface area contributed by atoms with E-state index in [4.69, 9.17) is 0 Å². The number of halogens is 3. The van der Waals surface area contributed by atoms with Crippen LogP contribution in [0.2, 0.25) is 0 Å². The van der Waals surface area contributed by atoms with Crippen molar-refractivity contribution in [3.05, 3.63) is 75.4 Å². The minimum absolute atomic E-state index is 0.0635. The predicted octanol–water partition coefficient (Wildman–Crippen LogP) is 4.38. The minimum atomic E-state index is -4.57. The van der Waals surface area contributed by atoms with Gasteiger partial charge in [0.05, 0.1) is 34.0 Å². The molecule has 3 amide bonds. The molecule has 0 saturated carbocycles.